The van der Waals surface area contributed by atoms with Crippen molar-refractivity contribution in [2.45, 2.75) is 38.1 Å². The number of hydrogen-bond acceptors (Lipinski definition) is 3. The van der Waals surface area contributed by atoms with Gasteiger partial charge >= 0.3 is 0 Å². The van der Waals surface area contributed by atoms with Gasteiger partial charge in [0.25, 0.3) is 5.91 Å². The zero-order valence-electron chi connectivity index (χ0n) is 12.7. The van der Waals surface area contributed by atoms with E-state index in [2.05, 4.69) is 11.4 Å². The number of hydrogen-bond donors (Lipinski definition) is 2. The first-order valence-corrected chi connectivity index (χ1v) is 8.76. The number of rotatable bonds is 4. The van der Waals surface area contributed by atoms with Crippen LogP contribution in [-0.4, -0.2) is 12.5 Å². The molecule has 0 aliphatic heterocycles. The minimum absolute atomic E-state index is 0.00412. The molecule has 1 amide bonds. The van der Waals surface area contributed by atoms with E-state index in [0.29, 0.717) is 6.54 Å². The monoisotopic (exact) mass is 314 g/mol. The maximum absolute atomic E-state index is 12.3. The van der Waals surface area contributed by atoms with Gasteiger partial charge in [0.1, 0.15) is 0 Å². The lowest BCUT2D eigenvalue weighted by molar-refractivity contribution is 0.0955. The number of nitrogens with one attached hydrogen (secondary N) is 1. The molecule has 1 aromatic heterocycles. The summed E-state index contributed by atoms with van der Waals surface area (Å²) >= 11 is 1.65. The Kier molecular flexibility index (Phi) is 4.90. The highest BCUT2D eigenvalue weighted by molar-refractivity contribution is 7.14. The zero-order chi connectivity index (χ0) is 15.4. The van der Waals surface area contributed by atoms with E-state index in [1.807, 2.05) is 30.3 Å². The van der Waals surface area contributed by atoms with Crippen molar-refractivity contribution in [1.82, 2.24) is 5.32 Å². The van der Waals surface area contributed by atoms with Crippen molar-refractivity contribution >= 4 is 17.2 Å². The molecule has 3 nitrogen and oxygen atoms in total. The first-order chi connectivity index (χ1) is 10.7. The van der Waals surface area contributed by atoms with Crippen LogP contribution >= 0.6 is 11.3 Å². The molecule has 0 radical (unpaired) electrons. The van der Waals surface area contributed by atoms with Crippen molar-refractivity contribution in [3.63, 3.8) is 0 Å². The summed E-state index contributed by atoms with van der Waals surface area (Å²) in [5, 5.41) is 2.97. The molecular weight excluding hydrogens is 292 g/mol. The highest BCUT2D eigenvalue weighted by Crippen LogP contribution is 2.28. The molecule has 0 bridgehead atoms. The van der Waals surface area contributed by atoms with Gasteiger partial charge in [-0.3, -0.25) is 4.79 Å². The number of carbonyl (C=O) groups is 1. The number of benzene rings is 1. The molecular formula is C18H22N2OS. The van der Waals surface area contributed by atoms with Gasteiger partial charge in [-0.2, -0.15) is 0 Å². The van der Waals surface area contributed by atoms with Crippen molar-refractivity contribution in [1.29, 1.82) is 0 Å². The van der Waals surface area contributed by atoms with Gasteiger partial charge in [-0.15, -0.1) is 11.3 Å². The van der Waals surface area contributed by atoms with E-state index in [4.69, 9.17) is 5.73 Å². The van der Waals surface area contributed by atoms with Crippen LogP contribution in [-0.2, 0) is 12.8 Å². The van der Waals surface area contributed by atoms with Gasteiger partial charge in [0.15, 0.2) is 0 Å². The Bertz CT molecular complexity index is 612. The smallest absolute Gasteiger partial charge is 0.261 e. The third-order valence-corrected chi connectivity index (χ3v) is 5.42. The van der Waals surface area contributed by atoms with Crippen LogP contribution in [0, 0.1) is 0 Å². The number of aryl methyl sites for hydroxylation is 2. The summed E-state index contributed by atoms with van der Waals surface area (Å²) in [6.07, 6.45) is 6.02. The lowest BCUT2D eigenvalue weighted by Crippen LogP contribution is -2.31. The Labute approximate surface area is 135 Å². The van der Waals surface area contributed by atoms with Gasteiger partial charge < -0.3 is 11.1 Å². The molecule has 3 rings (SSSR count). The van der Waals surface area contributed by atoms with Gasteiger partial charge in [0.2, 0.25) is 0 Å². The molecule has 0 saturated carbocycles. The van der Waals surface area contributed by atoms with E-state index in [0.717, 1.165) is 23.3 Å². The van der Waals surface area contributed by atoms with E-state index in [-0.39, 0.29) is 11.9 Å². The quantitative estimate of drug-likeness (QED) is 0.849. The van der Waals surface area contributed by atoms with Gasteiger partial charge in [0, 0.05) is 17.5 Å². The predicted octanol–water partition coefficient (Wildman–Crippen LogP) is 3.45. The Morgan fingerprint density at radius 1 is 1.18 bits per heavy atom. The first kappa shape index (κ1) is 15.3. The largest absolute Gasteiger partial charge is 0.349 e. The number of nitrogens with two attached hydrogens (primary N) is 1. The summed E-state index contributed by atoms with van der Waals surface area (Å²) in [4.78, 5) is 14.6. The van der Waals surface area contributed by atoms with Gasteiger partial charge in [-0.25, -0.2) is 0 Å². The fourth-order valence-electron chi connectivity index (χ4n) is 2.89. The van der Waals surface area contributed by atoms with Crippen molar-refractivity contribution in [3.8, 4) is 0 Å². The standard InChI is InChI=1S/C18H22N2OS/c19-15(13-7-3-1-4-8-13)12-20-18(21)17-11-14-9-5-2-6-10-16(14)22-17/h1,3-4,7-8,11,15H,2,5-6,9-10,12,19H2,(H,20,21). The third kappa shape index (κ3) is 3.57. The van der Waals surface area contributed by atoms with E-state index in [1.165, 1.54) is 29.7 Å². The van der Waals surface area contributed by atoms with Crippen molar-refractivity contribution in [2.24, 2.45) is 5.73 Å². The number of thiophene rings is 1. The summed E-state index contributed by atoms with van der Waals surface area (Å²) in [6.45, 7) is 0.464. The van der Waals surface area contributed by atoms with Crippen LogP contribution in [0.4, 0.5) is 0 Å². The number of fused-ring (bicyclic) bond motifs is 1. The molecule has 1 atom stereocenters. The average molecular weight is 314 g/mol. The third-order valence-electron chi connectivity index (χ3n) is 4.18. The summed E-state index contributed by atoms with van der Waals surface area (Å²) in [5.74, 6) is 0.00412. The SMILES string of the molecule is NC(CNC(=O)c1cc2c(s1)CCCCC2)c1ccccc1. The van der Waals surface area contributed by atoms with Crippen LogP contribution in [0.1, 0.15) is 51.0 Å². The molecule has 3 N–H and O–H groups in total. The lowest BCUT2D eigenvalue weighted by Gasteiger charge is -2.12. The van der Waals surface area contributed by atoms with Gasteiger partial charge in [0.05, 0.1) is 4.88 Å². The highest BCUT2D eigenvalue weighted by Gasteiger charge is 2.17. The van der Waals surface area contributed by atoms with Crippen LogP contribution in [0.2, 0.25) is 0 Å². The minimum Gasteiger partial charge on any atom is -0.349 e. The van der Waals surface area contributed by atoms with Crippen molar-refractivity contribution in [2.75, 3.05) is 6.54 Å². The second-order valence-corrected chi connectivity index (χ2v) is 6.98. The van der Waals surface area contributed by atoms with Gasteiger partial charge in [-0.1, -0.05) is 36.8 Å². The average Bonchev–Trinajstić information content (AvgIpc) is 2.84. The Morgan fingerprint density at radius 2 is 1.95 bits per heavy atom. The van der Waals surface area contributed by atoms with Crippen LogP contribution < -0.4 is 11.1 Å². The number of carbonyl (C=O) groups excluding carboxylic acids is 1. The van der Waals surface area contributed by atoms with Crippen molar-refractivity contribution in [3.05, 3.63) is 57.3 Å². The molecule has 2 aromatic rings. The van der Waals surface area contributed by atoms with Crippen LogP contribution in [0.25, 0.3) is 0 Å². The second-order valence-electron chi connectivity index (χ2n) is 5.85. The summed E-state index contributed by atoms with van der Waals surface area (Å²) in [6, 6.07) is 11.8. The van der Waals surface area contributed by atoms with E-state index >= 15 is 0 Å². The second kappa shape index (κ2) is 7.07. The van der Waals surface area contributed by atoms with Crippen molar-refractivity contribution < 1.29 is 4.79 Å². The van der Waals surface area contributed by atoms with E-state index in [9.17, 15) is 4.79 Å². The fraction of sp³-hybridized carbons (Fsp3) is 0.389. The summed E-state index contributed by atoms with van der Waals surface area (Å²) in [7, 11) is 0. The molecule has 1 aliphatic carbocycles. The maximum Gasteiger partial charge on any atom is 0.261 e. The molecule has 1 heterocycles. The molecule has 1 aromatic carbocycles. The molecule has 22 heavy (non-hydrogen) atoms. The van der Waals surface area contributed by atoms with E-state index < -0.39 is 0 Å². The zero-order valence-corrected chi connectivity index (χ0v) is 13.5. The number of amides is 1. The maximum atomic E-state index is 12.3. The summed E-state index contributed by atoms with van der Waals surface area (Å²) < 4.78 is 0. The van der Waals surface area contributed by atoms with Crippen LogP contribution in [0.3, 0.4) is 0 Å². The van der Waals surface area contributed by atoms with Crippen LogP contribution in [0.5, 0.6) is 0 Å². The minimum atomic E-state index is -0.164. The first-order valence-electron chi connectivity index (χ1n) is 7.94. The molecule has 0 saturated heterocycles. The fourth-order valence-corrected chi connectivity index (χ4v) is 4.06. The molecule has 1 unspecified atom stereocenters. The Hall–Kier alpha value is -1.65. The molecule has 4 heteroatoms. The molecule has 116 valence electrons. The topological polar surface area (TPSA) is 55.1 Å². The normalized spacial score (nSPS) is 15.7. The predicted molar refractivity (Wildman–Crippen MR) is 91.3 cm³/mol. The highest BCUT2D eigenvalue weighted by atomic mass is 32.1. The Morgan fingerprint density at radius 3 is 2.77 bits per heavy atom. The Balaban J connectivity index is 1.60. The lowest BCUT2D eigenvalue weighted by atomic mass is 10.1. The van der Waals surface area contributed by atoms with Gasteiger partial charge in [-0.05, 0) is 42.9 Å². The molecule has 0 fully saturated rings. The van der Waals surface area contributed by atoms with E-state index in [1.54, 1.807) is 11.3 Å². The van der Waals surface area contributed by atoms with Crippen LogP contribution in [0.15, 0.2) is 36.4 Å². The summed E-state index contributed by atoms with van der Waals surface area (Å²) in [5.41, 5.74) is 8.55. The molecule has 0 spiro atoms. The molecule has 1 aliphatic rings.